The Bertz CT molecular complexity index is 453. The average Bonchev–Trinajstić information content (AvgIpc) is 2.68. The second-order valence-corrected chi connectivity index (χ2v) is 4.32. The Labute approximate surface area is 93.5 Å². The second-order valence-electron chi connectivity index (χ2n) is 3.26. The van der Waals surface area contributed by atoms with Gasteiger partial charge in [0.2, 0.25) is 0 Å². The SMILES string of the molecule is CC(=C(C#N)C#N)c1ccc(N(C)C)s1. The molecule has 0 aromatic carbocycles. The Morgan fingerprint density at radius 1 is 1.27 bits per heavy atom. The van der Waals surface area contributed by atoms with E-state index in [4.69, 9.17) is 10.5 Å². The molecule has 0 fully saturated rings. The predicted octanol–water partition coefficient (Wildman–Crippen LogP) is 2.63. The van der Waals surface area contributed by atoms with Crippen LogP contribution in [0.5, 0.6) is 0 Å². The Balaban J connectivity index is 3.14. The van der Waals surface area contributed by atoms with Gasteiger partial charge < -0.3 is 4.90 Å². The van der Waals surface area contributed by atoms with Crippen LogP contribution in [-0.2, 0) is 0 Å². The maximum Gasteiger partial charge on any atom is 0.133 e. The monoisotopic (exact) mass is 217 g/mol. The first-order chi connectivity index (χ1) is 7.10. The summed E-state index contributed by atoms with van der Waals surface area (Å²) < 4.78 is 0. The lowest BCUT2D eigenvalue weighted by Gasteiger charge is -2.07. The van der Waals surface area contributed by atoms with Gasteiger partial charge in [0.1, 0.15) is 17.7 Å². The number of hydrogen-bond donors (Lipinski definition) is 0. The predicted molar refractivity (Wildman–Crippen MR) is 62.5 cm³/mol. The van der Waals surface area contributed by atoms with Gasteiger partial charge in [-0.15, -0.1) is 11.3 Å². The number of hydrogen-bond acceptors (Lipinski definition) is 4. The zero-order valence-corrected chi connectivity index (χ0v) is 9.72. The molecule has 0 aliphatic heterocycles. The van der Waals surface area contributed by atoms with E-state index in [1.807, 2.05) is 43.3 Å². The summed E-state index contributed by atoms with van der Waals surface area (Å²) in [6.45, 7) is 1.80. The van der Waals surface area contributed by atoms with Crippen LogP contribution in [0.2, 0.25) is 0 Å². The minimum atomic E-state index is 0.183. The molecule has 1 aromatic heterocycles. The van der Waals surface area contributed by atoms with Crippen LogP contribution < -0.4 is 4.90 Å². The Morgan fingerprint density at radius 3 is 2.27 bits per heavy atom. The van der Waals surface area contributed by atoms with Crippen LogP contribution >= 0.6 is 11.3 Å². The highest BCUT2D eigenvalue weighted by Gasteiger charge is 2.07. The van der Waals surface area contributed by atoms with Crippen molar-refractivity contribution in [2.24, 2.45) is 0 Å². The summed E-state index contributed by atoms with van der Waals surface area (Å²) in [6.07, 6.45) is 0. The summed E-state index contributed by atoms with van der Waals surface area (Å²) in [5.74, 6) is 0. The first kappa shape index (κ1) is 11.3. The molecule has 0 unspecified atom stereocenters. The minimum absolute atomic E-state index is 0.183. The molecular weight excluding hydrogens is 206 g/mol. The average molecular weight is 217 g/mol. The largest absolute Gasteiger partial charge is 0.370 e. The second kappa shape index (κ2) is 4.63. The van der Waals surface area contributed by atoms with Gasteiger partial charge in [-0.1, -0.05) is 0 Å². The number of rotatable bonds is 2. The fraction of sp³-hybridized carbons (Fsp3) is 0.273. The van der Waals surface area contributed by atoms with E-state index >= 15 is 0 Å². The number of nitrogens with zero attached hydrogens (tertiary/aromatic N) is 3. The van der Waals surface area contributed by atoms with Crippen LogP contribution in [0.25, 0.3) is 5.57 Å². The highest BCUT2D eigenvalue weighted by atomic mass is 32.1. The summed E-state index contributed by atoms with van der Waals surface area (Å²) in [7, 11) is 3.92. The number of nitriles is 2. The van der Waals surface area contributed by atoms with Crippen LogP contribution in [0.15, 0.2) is 17.7 Å². The Morgan fingerprint density at radius 2 is 1.87 bits per heavy atom. The normalized spacial score (nSPS) is 8.87. The third-order valence-electron chi connectivity index (χ3n) is 2.00. The van der Waals surface area contributed by atoms with E-state index in [1.165, 1.54) is 0 Å². The molecule has 1 rings (SSSR count). The van der Waals surface area contributed by atoms with Crippen molar-refractivity contribution in [3.63, 3.8) is 0 Å². The van der Waals surface area contributed by atoms with Crippen molar-refractivity contribution in [3.8, 4) is 12.1 Å². The number of anilines is 1. The summed E-state index contributed by atoms with van der Waals surface area (Å²) in [4.78, 5) is 2.97. The molecule has 1 heterocycles. The number of thiophene rings is 1. The van der Waals surface area contributed by atoms with Gasteiger partial charge in [-0.2, -0.15) is 10.5 Å². The van der Waals surface area contributed by atoms with E-state index in [9.17, 15) is 0 Å². The zero-order chi connectivity index (χ0) is 11.4. The van der Waals surface area contributed by atoms with Crippen molar-refractivity contribution < 1.29 is 0 Å². The molecule has 0 spiro atoms. The highest BCUT2D eigenvalue weighted by Crippen LogP contribution is 2.30. The fourth-order valence-electron chi connectivity index (χ4n) is 1.09. The third-order valence-corrected chi connectivity index (χ3v) is 3.37. The van der Waals surface area contributed by atoms with Gasteiger partial charge in [-0.25, -0.2) is 0 Å². The molecule has 4 heteroatoms. The van der Waals surface area contributed by atoms with Crippen LogP contribution in [0.3, 0.4) is 0 Å². The van der Waals surface area contributed by atoms with Gasteiger partial charge in [0.05, 0.1) is 5.00 Å². The van der Waals surface area contributed by atoms with Crippen LogP contribution in [0, 0.1) is 22.7 Å². The molecule has 0 aliphatic carbocycles. The zero-order valence-electron chi connectivity index (χ0n) is 8.90. The first-order valence-electron chi connectivity index (χ1n) is 4.38. The highest BCUT2D eigenvalue weighted by molar-refractivity contribution is 7.17. The van der Waals surface area contributed by atoms with Crippen molar-refractivity contribution in [1.29, 1.82) is 10.5 Å². The van der Waals surface area contributed by atoms with Crippen molar-refractivity contribution >= 4 is 21.9 Å². The third kappa shape index (κ3) is 2.37. The van der Waals surface area contributed by atoms with Gasteiger partial charge in [0.25, 0.3) is 0 Å². The smallest absolute Gasteiger partial charge is 0.133 e. The molecule has 0 aliphatic rings. The maximum absolute atomic E-state index is 8.74. The maximum atomic E-state index is 8.74. The van der Waals surface area contributed by atoms with Crippen LogP contribution in [0.4, 0.5) is 5.00 Å². The summed E-state index contributed by atoms with van der Waals surface area (Å²) in [5, 5.41) is 18.6. The first-order valence-corrected chi connectivity index (χ1v) is 5.20. The van der Waals surface area contributed by atoms with E-state index in [2.05, 4.69) is 0 Å². The van der Waals surface area contributed by atoms with Gasteiger partial charge >= 0.3 is 0 Å². The molecule has 0 amide bonds. The van der Waals surface area contributed by atoms with Gasteiger partial charge in [0.15, 0.2) is 0 Å². The minimum Gasteiger partial charge on any atom is -0.370 e. The van der Waals surface area contributed by atoms with Gasteiger partial charge in [-0.05, 0) is 24.6 Å². The Kier molecular flexibility index (Phi) is 3.49. The van der Waals surface area contributed by atoms with Crippen molar-refractivity contribution in [3.05, 3.63) is 22.6 Å². The molecule has 0 bridgehead atoms. The number of allylic oxidation sites excluding steroid dienone is 2. The molecule has 0 atom stereocenters. The molecule has 0 saturated carbocycles. The Hall–Kier alpha value is -1.78. The molecule has 1 aromatic rings. The molecule has 0 N–H and O–H groups in total. The van der Waals surface area contributed by atoms with Gasteiger partial charge in [-0.3, -0.25) is 0 Å². The standard InChI is InChI=1S/C11H11N3S/c1-8(9(6-12)7-13)10-4-5-11(15-10)14(2)3/h4-5H,1-3H3. The summed E-state index contributed by atoms with van der Waals surface area (Å²) in [6, 6.07) is 7.72. The van der Waals surface area contributed by atoms with E-state index < -0.39 is 0 Å². The lowest BCUT2D eigenvalue weighted by Crippen LogP contribution is -2.05. The van der Waals surface area contributed by atoms with E-state index in [0.29, 0.717) is 0 Å². The molecule has 76 valence electrons. The molecular formula is C11H11N3S. The lowest BCUT2D eigenvalue weighted by molar-refractivity contribution is 1.16. The summed E-state index contributed by atoms with van der Waals surface area (Å²) >= 11 is 1.57. The van der Waals surface area contributed by atoms with Crippen LogP contribution in [-0.4, -0.2) is 14.1 Å². The van der Waals surface area contributed by atoms with Crippen molar-refractivity contribution in [1.82, 2.24) is 0 Å². The lowest BCUT2D eigenvalue weighted by atomic mass is 10.1. The summed E-state index contributed by atoms with van der Waals surface area (Å²) in [5.41, 5.74) is 0.931. The van der Waals surface area contributed by atoms with Crippen molar-refractivity contribution in [2.75, 3.05) is 19.0 Å². The fourth-order valence-corrected chi connectivity index (χ4v) is 2.02. The van der Waals surface area contributed by atoms with Crippen molar-refractivity contribution in [2.45, 2.75) is 6.92 Å². The van der Waals surface area contributed by atoms with E-state index in [0.717, 1.165) is 15.5 Å². The molecule has 3 nitrogen and oxygen atoms in total. The molecule has 15 heavy (non-hydrogen) atoms. The topological polar surface area (TPSA) is 50.8 Å². The van der Waals surface area contributed by atoms with E-state index in [-0.39, 0.29) is 5.57 Å². The molecule has 0 saturated heterocycles. The van der Waals surface area contributed by atoms with Crippen LogP contribution in [0.1, 0.15) is 11.8 Å². The van der Waals surface area contributed by atoms with E-state index in [1.54, 1.807) is 18.3 Å². The quantitative estimate of drug-likeness (QED) is 0.715. The molecule has 0 radical (unpaired) electrons. The van der Waals surface area contributed by atoms with Gasteiger partial charge in [0, 0.05) is 19.0 Å².